The molecule has 0 spiro atoms. The van der Waals surface area contributed by atoms with Crippen molar-refractivity contribution in [1.82, 2.24) is 5.32 Å². The van der Waals surface area contributed by atoms with Gasteiger partial charge in [0.15, 0.2) is 0 Å². The number of nitrogens with one attached hydrogen (secondary N) is 1. The van der Waals surface area contributed by atoms with Crippen LogP contribution in [-0.2, 0) is 9.59 Å². The van der Waals surface area contributed by atoms with Crippen molar-refractivity contribution in [3.05, 3.63) is 0 Å². The number of carboxylic acid groups (broad SMARTS) is 1. The molecule has 2 unspecified atom stereocenters. The highest BCUT2D eigenvalue weighted by atomic mass is 16.4. The molecule has 1 amide bonds. The van der Waals surface area contributed by atoms with Gasteiger partial charge in [0, 0.05) is 6.04 Å². The van der Waals surface area contributed by atoms with E-state index in [0.29, 0.717) is 18.3 Å². The van der Waals surface area contributed by atoms with Crippen LogP contribution in [0.4, 0.5) is 0 Å². The Morgan fingerprint density at radius 1 is 1.00 bits per heavy atom. The van der Waals surface area contributed by atoms with Crippen LogP contribution in [-0.4, -0.2) is 23.0 Å². The first-order chi connectivity index (χ1) is 9.50. The van der Waals surface area contributed by atoms with E-state index >= 15 is 0 Å². The van der Waals surface area contributed by atoms with Crippen molar-refractivity contribution in [3.8, 4) is 0 Å². The molecule has 2 saturated carbocycles. The van der Waals surface area contributed by atoms with Crippen LogP contribution in [0.3, 0.4) is 0 Å². The normalized spacial score (nSPS) is 34.1. The molecule has 2 aliphatic rings. The molecule has 0 aliphatic heterocycles. The maximum Gasteiger partial charge on any atom is 0.307 e. The lowest BCUT2D eigenvalue weighted by Gasteiger charge is -2.35. The van der Waals surface area contributed by atoms with Crippen LogP contribution in [0.2, 0.25) is 0 Å². The molecule has 0 aromatic carbocycles. The van der Waals surface area contributed by atoms with Gasteiger partial charge in [-0.15, -0.1) is 0 Å². The number of aliphatic carboxylic acids is 1. The SMILES string of the molecule is CC(C)C1CCCCC1NC(=O)[C@@H]1CCC[C@@H]1C(=O)O. The van der Waals surface area contributed by atoms with Crippen LogP contribution < -0.4 is 5.32 Å². The maximum absolute atomic E-state index is 12.4. The molecule has 2 fully saturated rings. The molecule has 0 aromatic rings. The van der Waals surface area contributed by atoms with Crippen LogP contribution >= 0.6 is 0 Å². The fourth-order valence-electron chi connectivity index (χ4n) is 4.00. The Kier molecular flexibility index (Phi) is 5.06. The third kappa shape index (κ3) is 3.33. The highest BCUT2D eigenvalue weighted by Gasteiger charge is 2.39. The van der Waals surface area contributed by atoms with E-state index in [2.05, 4.69) is 19.2 Å². The lowest BCUT2D eigenvalue weighted by molar-refractivity contribution is -0.146. The van der Waals surface area contributed by atoms with Crippen molar-refractivity contribution in [3.63, 3.8) is 0 Å². The number of hydrogen-bond acceptors (Lipinski definition) is 2. The van der Waals surface area contributed by atoms with Crippen molar-refractivity contribution >= 4 is 11.9 Å². The molecular formula is C16H27NO3. The standard InChI is InChI=1S/C16H27NO3/c1-10(2)11-6-3-4-9-14(11)17-15(18)12-7-5-8-13(12)16(19)20/h10-14H,3-9H2,1-2H3,(H,17,18)(H,19,20)/t11?,12-,13+,14?/m1/s1. The summed E-state index contributed by atoms with van der Waals surface area (Å²) in [5.74, 6) is -0.519. The predicted octanol–water partition coefficient (Wildman–Crippen LogP) is 2.82. The van der Waals surface area contributed by atoms with Gasteiger partial charge in [0.05, 0.1) is 11.8 Å². The van der Waals surface area contributed by atoms with E-state index in [1.54, 1.807) is 0 Å². The molecule has 4 heteroatoms. The zero-order valence-electron chi connectivity index (χ0n) is 12.6. The largest absolute Gasteiger partial charge is 0.481 e. The Balaban J connectivity index is 1.97. The smallest absolute Gasteiger partial charge is 0.307 e. The summed E-state index contributed by atoms with van der Waals surface area (Å²) in [7, 11) is 0. The van der Waals surface area contributed by atoms with E-state index in [4.69, 9.17) is 0 Å². The Labute approximate surface area is 121 Å². The van der Waals surface area contributed by atoms with Gasteiger partial charge in [0.25, 0.3) is 0 Å². The summed E-state index contributed by atoms with van der Waals surface area (Å²) in [6.45, 7) is 4.43. The van der Waals surface area contributed by atoms with Gasteiger partial charge in [-0.1, -0.05) is 33.1 Å². The highest BCUT2D eigenvalue weighted by molar-refractivity contribution is 5.85. The average Bonchev–Trinajstić information content (AvgIpc) is 2.88. The molecule has 0 heterocycles. The van der Waals surface area contributed by atoms with E-state index in [-0.39, 0.29) is 17.9 Å². The van der Waals surface area contributed by atoms with Crippen LogP contribution in [0.1, 0.15) is 58.8 Å². The Morgan fingerprint density at radius 3 is 2.30 bits per heavy atom. The molecule has 2 N–H and O–H groups in total. The molecule has 4 nitrogen and oxygen atoms in total. The van der Waals surface area contributed by atoms with E-state index in [1.807, 2.05) is 0 Å². The van der Waals surface area contributed by atoms with E-state index < -0.39 is 11.9 Å². The number of carbonyl (C=O) groups is 2. The topological polar surface area (TPSA) is 66.4 Å². The average molecular weight is 281 g/mol. The summed E-state index contributed by atoms with van der Waals surface area (Å²) in [6, 6.07) is 0.242. The summed E-state index contributed by atoms with van der Waals surface area (Å²) >= 11 is 0. The minimum Gasteiger partial charge on any atom is -0.481 e. The third-order valence-corrected chi connectivity index (χ3v) is 5.17. The zero-order valence-corrected chi connectivity index (χ0v) is 12.6. The van der Waals surface area contributed by atoms with Gasteiger partial charge >= 0.3 is 5.97 Å². The molecule has 0 saturated heterocycles. The monoisotopic (exact) mass is 281 g/mol. The second-order valence-electron chi connectivity index (χ2n) is 6.79. The summed E-state index contributed by atoms with van der Waals surface area (Å²) in [6.07, 6.45) is 6.85. The van der Waals surface area contributed by atoms with E-state index in [1.165, 1.54) is 19.3 Å². The van der Waals surface area contributed by atoms with Gasteiger partial charge in [-0.3, -0.25) is 9.59 Å². The second-order valence-corrected chi connectivity index (χ2v) is 6.79. The molecule has 2 rings (SSSR count). The lowest BCUT2D eigenvalue weighted by Crippen LogP contribution is -2.47. The van der Waals surface area contributed by atoms with E-state index in [9.17, 15) is 14.7 Å². The molecule has 4 atom stereocenters. The van der Waals surface area contributed by atoms with Gasteiger partial charge in [-0.05, 0) is 37.5 Å². The molecule has 0 radical (unpaired) electrons. The second kappa shape index (κ2) is 6.59. The third-order valence-electron chi connectivity index (χ3n) is 5.17. The number of rotatable bonds is 4. The minimum atomic E-state index is -0.813. The Hall–Kier alpha value is -1.06. The Morgan fingerprint density at radius 2 is 1.65 bits per heavy atom. The van der Waals surface area contributed by atoms with Crippen molar-refractivity contribution < 1.29 is 14.7 Å². The first-order valence-corrected chi connectivity index (χ1v) is 8.04. The molecule has 0 bridgehead atoms. The quantitative estimate of drug-likeness (QED) is 0.832. The fourth-order valence-corrected chi connectivity index (χ4v) is 4.00. The van der Waals surface area contributed by atoms with Gasteiger partial charge in [0.1, 0.15) is 0 Å². The molecular weight excluding hydrogens is 254 g/mol. The van der Waals surface area contributed by atoms with Crippen molar-refractivity contribution in [2.45, 2.75) is 64.8 Å². The van der Waals surface area contributed by atoms with Crippen LogP contribution in [0.15, 0.2) is 0 Å². The molecule has 0 aromatic heterocycles. The number of carbonyl (C=O) groups excluding carboxylic acids is 1. The van der Waals surface area contributed by atoms with Gasteiger partial charge in [-0.2, -0.15) is 0 Å². The predicted molar refractivity (Wildman–Crippen MR) is 77.2 cm³/mol. The lowest BCUT2D eigenvalue weighted by atomic mass is 9.77. The van der Waals surface area contributed by atoms with E-state index in [0.717, 1.165) is 19.3 Å². The number of hydrogen-bond donors (Lipinski definition) is 2. The first kappa shape index (κ1) is 15.3. The maximum atomic E-state index is 12.4. The Bertz CT molecular complexity index is 367. The fraction of sp³-hybridized carbons (Fsp3) is 0.875. The number of carboxylic acids is 1. The molecule has 20 heavy (non-hydrogen) atoms. The summed E-state index contributed by atoms with van der Waals surface area (Å²) < 4.78 is 0. The van der Waals surface area contributed by atoms with Crippen molar-refractivity contribution in [2.24, 2.45) is 23.7 Å². The van der Waals surface area contributed by atoms with Crippen LogP contribution in [0.5, 0.6) is 0 Å². The first-order valence-electron chi connectivity index (χ1n) is 8.04. The number of amides is 1. The minimum absolute atomic E-state index is 0.0209. The van der Waals surface area contributed by atoms with Gasteiger partial charge in [-0.25, -0.2) is 0 Å². The van der Waals surface area contributed by atoms with Crippen LogP contribution in [0.25, 0.3) is 0 Å². The summed E-state index contributed by atoms with van der Waals surface area (Å²) in [5.41, 5.74) is 0. The zero-order chi connectivity index (χ0) is 14.7. The van der Waals surface area contributed by atoms with Crippen molar-refractivity contribution in [1.29, 1.82) is 0 Å². The summed E-state index contributed by atoms with van der Waals surface area (Å²) in [5, 5.41) is 12.4. The van der Waals surface area contributed by atoms with Gasteiger partial charge in [0.2, 0.25) is 5.91 Å². The summed E-state index contributed by atoms with van der Waals surface area (Å²) in [4.78, 5) is 23.6. The molecule has 2 aliphatic carbocycles. The van der Waals surface area contributed by atoms with Gasteiger partial charge < -0.3 is 10.4 Å². The molecule has 114 valence electrons. The van der Waals surface area contributed by atoms with Crippen molar-refractivity contribution in [2.75, 3.05) is 0 Å². The van der Waals surface area contributed by atoms with Crippen LogP contribution in [0, 0.1) is 23.7 Å². The highest BCUT2D eigenvalue weighted by Crippen LogP contribution is 2.34.